The van der Waals surface area contributed by atoms with Gasteiger partial charge in [0, 0.05) is 18.9 Å². The fourth-order valence-electron chi connectivity index (χ4n) is 2.59. The molecule has 25 heavy (non-hydrogen) atoms. The van der Waals surface area contributed by atoms with Crippen molar-refractivity contribution in [1.82, 2.24) is 24.6 Å². The number of hydrogen-bond donors (Lipinski definition) is 1. The molecule has 4 heterocycles. The van der Waals surface area contributed by atoms with E-state index < -0.39 is 0 Å². The SMILES string of the molecule is O=C(Nc1cnn(-c2ncccn2)c1)N1CCO[C@H](c2ccco2)C1. The van der Waals surface area contributed by atoms with Crippen LogP contribution in [0.5, 0.6) is 0 Å². The van der Waals surface area contributed by atoms with Crippen LogP contribution in [-0.2, 0) is 4.74 Å². The predicted octanol–water partition coefficient (Wildman–Crippen LogP) is 1.86. The van der Waals surface area contributed by atoms with Crippen molar-refractivity contribution in [1.29, 1.82) is 0 Å². The van der Waals surface area contributed by atoms with Gasteiger partial charge in [-0.15, -0.1) is 0 Å². The first-order valence-corrected chi connectivity index (χ1v) is 7.82. The van der Waals surface area contributed by atoms with Crippen molar-refractivity contribution in [2.24, 2.45) is 0 Å². The molecule has 1 aliphatic heterocycles. The van der Waals surface area contributed by atoms with Crippen molar-refractivity contribution in [3.63, 3.8) is 0 Å². The third-order valence-corrected chi connectivity index (χ3v) is 3.81. The summed E-state index contributed by atoms with van der Waals surface area (Å²) in [6.45, 7) is 1.39. The second kappa shape index (κ2) is 6.73. The van der Waals surface area contributed by atoms with Crippen LogP contribution in [0.3, 0.4) is 0 Å². The monoisotopic (exact) mass is 340 g/mol. The van der Waals surface area contributed by atoms with E-state index in [1.165, 1.54) is 4.68 Å². The molecule has 1 aliphatic rings. The van der Waals surface area contributed by atoms with Gasteiger partial charge in [0.25, 0.3) is 0 Å². The number of ether oxygens (including phenoxy) is 1. The molecule has 0 spiro atoms. The van der Waals surface area contributed by atoms with Crippen LogP contribution in [0.15, 0.2) is 53.7 Å². The Labute approximate surface area is 143 Å². The Hall–Kier alpha value is -3.20. The first kappa shape index (κ1) is 15.3. The number of nitrogens with one attached hydrogen (secondary N) is 1. The van der Waals surface area contributed by atoms with Crippen LogP contribution in [-0.4, -0.2) is 50.4 Å². The minimum Gasteiger partial charge on any atom is -0.467 e. The molecule has 4 rings (SSSR count). The summed E-state index contributed by atoms with van der Waals surface area (Å²) in [7, 11) is 0. The quantitative estimate of drug-likeness (QED) is 0.781. The summed E-state index contributed by atoms with van der Waals surface area (Å²) >= 11 is 0. The number of aromatic nitrogens is 4. The molecule has 0 unspecified atom stereocenters. The topological polar surface area (TPSA) is 98.3 Å². The summed E-state index contributed by atoms with van der Waals surface area (Å²) < 4.78 is 12.5. The van der Waals surface area contributed by atoms with E-state index in [0.717, 1.165) is 0 Å². The zero-order valence-corrected chi connectivity index (χ0v) is 13.3. The summed E-state index contributed by atoms with van der Waals surface area (Å²) in [6.07, 6.45) is 7.82. The predicted molar refractivity (Wildman–Crippen MR) is 87.1 cm³/mol. The van der Waals surface area contributed by atoms with Gasteiger partial charge in [0.05, 0.1) is 37.5 Å². The van der Waals surface area contributed by atoms with Crippen LogP contribution in [0.25, 0.3) is 5.95 Å². The van der Waals surface area contributed by atoms with E-state index in [2.05, 4.69) is 20.4 Å². The molecule has 9 nitrogen and oxygen atoms in total. The summed E-state index contributed by atoms with van der Waals surface area (Å²) in [5, 5.41) is 6.99. The van der Waals surface area contributed by atoms with Gasteiger partial charge in [-0.1, -0.05) is 0 Å². The van der Waals surface area contributed by atoms with Gasteiger partial charge in [-0.3, -0.25) is 0 Å². The van der Waals surface area contributed by atoms with Crippen molar-refractivity contribution >= 4 is 11.7 Å². The summed E-state index contributed by atoms with van der Waals surface area (Å²) in [4.78, 5) is 22.4. The van der Waals surface area contributed by atoms with Crippen LogP contribution in [0.4, 0.5) is 10.5 Å². The number of hydrogen-bond acceptors (Lipinski definition) is 6. The molecule has 1 fully saturated rings. The molecule has 128 valence electrons. The fraction of sp³-hybridized carbons (Fsp3) is 0.250. The average molecular weight is 340 g/mol. The largest absolute Gasteiger partial charge is 0.467 e. The molecule has 1 saturated heterocycles. The van der Waals surface area contributed by atoms with Gasteiger partial charge in [0.1, 0.15) is 11.9 Å². The standard InChI is InChI=1S/C16H16N6O3/c23-16(21-6-8-25-14(11-21)13-3-1-7-24-13)20-12-9-19-22(10-12)15-17-4-2-5-18-15/h1-5,7,9-10,14H,6,8,11H2,(H,20,23)/t14-/m0/s1. The lowest BCUT2D eigenvalue weighted by Gasteiger charge is -2.31. The van der Waals surface area contributed by atoms with E-state index in [1.807, 2.05) is 6.07 Å². The summed E-state index contributed by atoms with van der Waals surface area (Å²) in [6, 6.07) is 5.16. The number of amides is 2. The van der Waals surface area contributed by atoms with Crippen molar-refractivity contribution in [2.45, 2.75) is 6.10 Å². The lowest BCUT2D eigenvalue weighted by atomic mass is 10.2. The maximum Gasteiger partial charge on any atom is 0.322 e. The van der Waals surface area contributed by atoms with Crippen molar-refractivity contribution in [3.05, 3.63) is 55.0 Å². The first-order valence-electron chi connectivity index (χ1n) is 7.82. The lowest BCUT2D eigenvalue weighted by molar-refractivity contribution is -0.0242. The van der Waals surface area contributed by atoms with Crippen LogP contribution < -0.4 is 5.32 Å². The average Bonchev–Trinajstić information content (AvgIpc) is 3.35. The van der Waals surface area contributed by atoms with E-state index in [1.54, 1.807) is 48.1 Å². The molecule has 1 N–H and O–H groups in total. The van der Waals surface area contributed by atoms with Gasteiger partial charge < -0.3 is 19.4 Å². The van der Waals surface area contributed by atoms with Crippen molar-refractivity contribution < 1.29 is 13.9 Å². The number of urea groups is 1. The van der Waals surface area contributed by atoms with E-state index in [4.69, 9.17) is 9.15 Å². The van der Waals surface area contributed by atoms with Crippen molar-refractivity contribution in [2.75, 3.05) is 25.0 Å². The summed E-state index contributed by atoms with van der Waals surface area (Å²) in [5.41, 5.74) is 0.568. The Morgan fingerprint density at radius 3 is 2.96 bits per heavy atom. The summed E-state index contributed by atoms with van der Waals surface area (Å²) in [5.74, 6) is 1.15. The second-order valence-electron chi connectivity index (χ2n) is 5.47. The molecule has 3 aromatic heterocycles. The van der Waals surface area contributed by atoms with Crippen LogP contribution in [0, 0.1) is 0 Å². The van der Waals surface area contributed by atoms with E-state index >= 15 is 0 Å². The molecule has 0 aromatic carbocycles. The maximum absolute atomic E-state index is 12.5. The zero-order chi connectivity index (χ0) is 17.1. The highest BCUT2D eigenvalue weighted by molar-refractivity contribution is 5.89. The number of nitrogens with zero attached hydrogens (tertiary/aromatic N) is 5. The van der Waals surface area contributed by atoms with Gasteiger partial charge in [0.15, 0.2) is 0 Å². The molecule has 1 atom stereocenters. The Kier molecular flexibility index (Phi) is 4.13. The Bertz CT molecular complexity index is 833. The van der Waals surface area contributed by atoms with Gasteiger partial charge in [0.2, 0.25) is 5.95 Å². The molecule has 3 aromatic rings. The number of furan rings is 1. The molecule has 9 heteroatoms. The van der Waals surface area contributed by atoms with Gasteiger partial charge >= 0.3 is 6.03 Å². The van der Waals surface area contributed by atoms with Crippen molar-refractivity contribution in [3.8, 4) is 5.95 Å². The van der Waals surface area contributed by atoms with Crippen LogP contribution >= 0.6 is 0 Å². The van der Waals surface area contributed by atoms with E-state index in [9.17, 15) is 4.79 Å². The van der Waals surface area contributed by atoms with Gasteiger partial charge in [-0.2, -0.15) is 5.10 Å². The third-order valence-electron chi connectivity index (χ3n) is 3.81. The molecule has 0 radical (unpaired) electrons. The van der Waals surface area contributed by atoms with Gasteiger partial charge in [-0.05, 0) is 18.2 Å². The minimum atomic E-state index is -0.255. The highest BCUT2D eigenvalue weighted by Gasteiger charge is 2.27. The minimum absolute atomic E-state index is 0.214. The molecule has 0 aliphatic carbocycles. The number of carbonyl (C=O) groups is 1. The number of anilines is 1. The number of rotatable bonds is 3. The molecule has 0 saturated carbocycles. The number of morpholine rings is 1. The van der Waals surface area contributed by atoms with Crippen LogP contribution in [0.1, 0.15) is 11.9 Å². The third kappa shape index (κ3) is 3.36. The van der Waals surface area contributed by atoms with Gasteiger partial charge in [-0.25, -0.2) is 19.4 Å². The molecular weight excluding hydrogens is 324 g/mol. The smallest absolute Gasteiger partial charge is 0.322 e. The highest BCUT2D eigenvalue weighted by atomic mass is 16.5. The highest BCUT2D eigenvalue weighted by Crippen LogP contribution is 2.23. The second-order valence-corrected chi connectivity index (χ2v) is 5.47. The molecule has 0 bridgehead atoms. The first-order chi connectivity index (χ1) is 12.3. The van der Waals surface area contributed by atoms with E-state index in [-0.39, 0.29) is 12.1 Å². The molecule has 2 amide bonds. The Balaban J connectivity index is 1.41. The lowest BCUT2D eigenvalue weighted by Crippen LogP contribution is -2.44. The fourth-order valence-corrected chi connectivity index (χ4v) is 2.59. The number of carbonyl (C=O) groups excluding carboxylic acids is 1. The normalized spacial score (nSPS) is 17.4. The Morgan fingerprint density at radius 2 is 2.16 bits per heavy atom. The van der Waals surface area contributed by atoms with E-state index in [0.29, 0.717) is 37.1 Å². The zero-order valence-electron chi connectivity index (χ0n) is 13.3. The Morgan fingerprint density at radius 1 is 1.28 bits per heavy atom. The maximum atomic E-state index is 12.5. The van der Waals surface area contributed by atoms with Crippen LogP contribution in [0.2, 0.25) is 0 Å². The molecular formula is C16H16N6O3.